The molecule has 1 N–H and O–H groups in total. The number of rotatable bonds is 9. The summed E-state index contributed by atoms with van der Waals surface area (Å²) in [5.74, 6) is -1.11. The van der Waals surface area contributed by atoms with Crippen LogP contribution in [0.5, 0.6) is 0 Å². The first-order valence-corrected chi connectivity index (χ1v) is 20.9. The van der Waals surface area contributed by atoms with Crippen LogP contribution in [0, 0.1) is 5.92 Å². The lowest BCUT2D eigenvalue weighted by Gasteiger charge is -2.32. The number of amides is 2. The summed E-state index contributed by atoms with van der Waals surface area (Å²) in [4.78, 5) is 32.0. The third-order valence-electron chi connectivity index (χ3n) is 11.2. The van der Waals surface area contributed by atoms with Crippen molar-refractivity contribution in [2.45, 2.75) is 69.0 Å². The van der Waals surface area contributed by atoms with Crippen molar-refractivity contribution in [1.82, 2.24) is 15.0 Å². The maximum atomic E-state index is 16.6. The average Bonchev–Trinajstić information content (AvgIpc) is 3.81. The fourth-order valence-electron chi connectivity index (χ4n) is 8.81. The highest BCUT2D eigenvalue weighted by atomic mass is 28.4. The van der Waals surface area contributed by atoms with Crippen LogP contribution in [0.15, 0.2) is 109 Å². The number of aliphatic hydroxyl groups excluding tert-OH is 1. The number of fused-ring (bicyclic) bond motifs is 3. The number of anilines is 4. The first-order chi connectivity index (χ1) is 25.1. The van der Waals surface area contributed by atoms with Gasteiger partial charge in [0.1, 0.15) is 0 Å². The normalized spacial score (nSPS) is 23.3. The second-order valence-electron chi connectivity index (χ2n) is 14.6. The third-order valence-corrected chi connectivity index (χ3v) is 13.6. The van der Waals surface area contributed by atoms with Crippen LogP contribution < -0.4 is 9.80 Å². The Bertz CT molecular complexity index is 2120. The van der Waals surface area contributed by atoms with E-state index < -0.39 is 31.6 Å². The van der Waals surface area contributed by atoms with Crippen LogP contribution in [0.3, 0.4) is 0 Å². The Morgan fingerprint density at radius 2 is 1.62 bits per heavy atom. The quantitative estimate of drug-likeness (QED) is 0.125. The lowest BCUT2D eigenvalue weighted by molar-refractivity contribution is -0.145. The van der Waals surface area contributed by atoms with Crippen LogP contribution in [0.2, 0.25) is 18.6 Å². The number of nitrogens with zero attached hydrogens (tertiary/aromatic N) is 5. The van der Waals surface area contributed by atoms with E-state index in [9.17, 15) is 9.90 Å². The van der Waals surface area contributed by atoms with Crippen molar-refractivity contribution >= 4 is 43.0 Å². The summed E-state index contributed by atoms with van der Waals surface area (Å²) in [6, 6.07) is 32.7. The van der Waals surface area contributed by atoms with E-state index in [1.807, 2.05) is 116 Å². The molecule has 3 aliphatic heterocycles. The van der Waals surface area contributed by atoms with E-state index >= 15 is 8.90 Å². The Balaban J connectivity index is 1.18. The highest BCUT2D eigenvalue weighted by Crippen LogP contribution is 2.61. The highest BCUT2D eigenvalue weighted by molar-refractivity contribution is 6.72. The molecule has 8 rings (SSSR count). The molecule has 1 spiro atoms. The Hall–Kier alpha value is -4.97. The van der Waals surface area contributed by atoms with Crippen molar-refractivity contribution in [3.05, 3.63) is 132 Å². The molecule has 0 saturated carbocycles. The van der Waals surface area contributed by atoms with Gasteiger partial charge in [0.05, 0.1) is 35.7 Å². The molecule has 2 amide bonds. The predicted octanol–water partition coefficient (Wildman–Crippen LogP) is 7.56. The molecule has 52 heavy (non-hydrogen) atoms. The molecule has 266 valence electrons. The van der Waals surface area contributed by atoms with E-state index in [1.54, 1.807) is 27.6 Å². The zero-order valence-electron chi connectivity index (χ0n) is 29.5. The molecule has 0 bridgehead atoms. The maximum Gasteiger partial charge on any atom is 0.268 e. The van der Waals surface area contributed by atoms with Gasteiger partial charge in [-0.3, -0.25) is 24.1 Å². The average molecular weight is 716 g/mol. The van der Waals surface area contributed by atoms with Gasteiger partial charge in [0.25, 0.3) is 5.91 Å². The topological polar surface area (TPSA) is 101 Å². The molecule has 1 unspecified atom stereocenters. The Morgan fingerprint density at radius 3 is 2.35 bits per heavy atom. The predicted molar refractivity (Wildman–Crippen MR) is 200 cm³/mol. The standard InChI is InChI=1S/C41H42FN5O4Si/c1-27-39(52(2,3)42)37(22-23-45-25-34(43-44-45)32(26-48)28-12-6-4-7-13-28)51-41(27)33-24-31(46-35-17-11-10-14-29(35)18-21-38(46)49)19-20-36(33)47(40(41)50)30-15-8-5-9-16-30/h4-17,19-20,24-25,27,32,37,39,48H,18,21-23,26H2,1-3H3/t27-,32?,37+,39-,41+/m1/s1. The summed E-state index contributed by atoms with van der Waals surface area (Å²) in [6.07, 6.45) is 2.68. The number of aliphatic hydroxyl groups is 1. The van der Waals surface area contributed by atoms with Crippen molar-refractivity contribution in [3.63, 3.8) is 0 Å². The van der Waals surface area contributed by atoms with Gasteiger partial charge in [-0.05, 0) is 73.5 Å². The van der Waals surface area contributed by atoms with Gasteiger partial charge >= 0.3 is 0 Å². The molecular weight excluding hydrogens is 674 g/mol. The van der Waals surface area contributed by atoms with Gasteiger partial charge < -0.3 is 14.0 Å². The number of benzene rings is 4. The third kappa shape index (κ3) is 5.58. The van der Waals surface area contributed by atoms with Crippen LogP contribution >= 0.6 is 0 Å². The summed E-state index contributed by atoms with van der Waals surface area (Å²) in [5, 5.41) is 18.9. The van der Waals surface area contributed by atoms with Crippen molar-refractivity contribution in [3.8, 4) is 0 Å². The number of aromatic nitrogens is 3. The van der Waals surface area contributed by atoms with Crippen LogP contribution in [-0.2, 0) is 32.9 Å². The highest BCUT2D eigenvalue weighted by Gasteiger charge is 2.67. The van der Waals surface area contributed by atoms with Crippen LogP contribution in [0.1, 0.15) is 48.1 Å². The molecule has 11 heteroatoms. The van der Waals surface area contributed by atoms with Gasteiger partial charge in [-0.15, -0.1) is 5.10 Å². The molecule has 3 aliphatic rings. The molecule has 4 aromatic carbocycles. The maximum absolute atomic E-state index is 16.6. The minimum absolute atomic E-state index is 0.0201. The molecule has 0 aliphatic carbocycles. The zero-order valence-corrected chi connectivity index (χ0v) is 30.5. The molecule has 1 saturated heterocycles. The smallest absolute Gasteiger partial charge is 0.268 e. The fourth-order valence-corrected chi connectivity index (χ4v) is 11.4. The summed E-state index contributed by atoms with van der Waals surface area (Å²) >= 11 is 0. The number of aryl methyl sites for hydroxylation is 2. The van der Waals surface area contributed by atoms with Gasteiger partial charge in [-0.2, -0.15) is 0 Å². The Labute approximate surface area is 303 Å². The van der Waals surface area contributed by atoms with Crippen molar-refractivity contribution < 1.29 is 23.5 Å². The monoisotopic (exact) mass is 715 g/mol. The first-order valence-electron chi connectivity index (χ1n) is 18.0. The summed E-state index contributed by atoms with van der Waals surface area (Å²) in [6.45, 7) is 5.60. The summed E-state index contributed by atoms with van der Waals surface area (Å²) in [5.41, 5.74) is 4.15. The summed E-state index contributed by atoms with van der Waals surface area (Å²) < 4.78 is 25.4. The number of ether oxygens (including phenoxy) is 1. The van der Waals surface area contributed by atoms with E-state index in [2.05, 4.69) is 10.3 Å². The number of carbonyl (C=O) groups excluding carboxylic acids is 2. The lowest BCUT2D eigenvalue weighted by Crippen LogP contribution is -2.44. The largest absolute Gasteiger partial charge is 0.395 e. The van der Waals surface area contributed by atoms with Gasteiger partial charge in [-0.25, -0.2) is 0 Å². The molecule has 1 fully saturated rings. The molecule has 4 heterocycles. The second kappa shape index (κ2) is 13.2. The molecule has 0 radical (unpaired) electrons. The Kier molecular flexibility index (Phi) is 8.67. The molecular formula is C41H42FN5O4Si. The molecule has 1 aromatic heterocycles. The number of carbonyl (C=O) groups is 2. The number of para-hydroxylation sites is 2. The van der Waals surface area contributed by atoms with Crippen LogP contribution in [0.25, 0.3) is 0 Å². The van der Waals surface area contributed by atoms with Crippen LogP contribution in [0.4, 0.5) is 26.9 Å². The number of halogens is 1. The number of hydrogen-bond acceptors (Lipinski definition) is 6. The van der Waals surface area contributed by atoms with Crippen molar-refractivity contribution in [2.75, 3.05) is 16.4 Å². The van der Waals surface area contributed by atoms with E-state index in [-0.39, 0.29) is 24.3 Å². The second-order valence-corrected chi connectivity index (χ2v) is 18.4. The molecule has 9 nitrogen and oxygen atoms in total. The van der Waals surface area contributed by atoms with E-state index in [0.29, 0.717) is 54.1 Å². The fraction of sp³-hybridized carbons (Fsp3) is 0.317. The molecule has 5 aromatic rings. The van der Waals surface area contributed by atoms with Gasteiger partial charge in [0.15, 0.2) is 5.60 Å². The molecule has 5 atom stereocenters. The van der Waals surface area contributed by atoms with Crippen molar-refractivity contribution in [1.29, 1.82) is 0 Å². The zero-order chi connectivity index (χ0) is 36.2. The SMILES string of the molecule is C[C@@H]1[C@@H]([Si](C)(C)F)[C@H](CCn2cc(C(CO)c3ccccc3)nn2)O[C@@]12C(=O)N(c1ccccc1)c1ccc(N3C(=O)CCc4ccccc43)cc12. The van der Waals surface area contributed by atoms with Crippen molar-refractivity contribution in [2.24, 2.45) is 5.92 Å². The van der Waals surface area contributed by atoms with Gasteiger partial charge in [-0.1, -0.05) is 78.9 Å². The van der Waals surface area contributed by atoms with Gasteiger partial charge in [0, 0.05) is 47.6 Å². The van der Waals surface area contributed by atoms with E-state index in [0.717, 1.165) is 16.8 Å². The van der Waals surface area contributed by atoms with Gasteiger partial charge in [0.2, 0.25) is 14.3 Å². The van der Waals surface area contributed by atoms with E-state index in [1.165, 1.54) is 0 Å². The van der Waals surface area contributed by atoms with E-state index in [4.69, 9.17) is 4.74 Å². The minimum atomic E-state index is -3.44. The lowest BCUT2D eigenvalue weighted by atomic mass is 9.82. The van der Waals surface area contributed by atoms with Crippen LogP contribution in [-0.4, -0.2) is 53.0 Å². The Morgan fingerprint density at radius 1 is 0.904 bits per heavy atom. The summed E-state index contributed by atoms with van der Waals surface area (Å²) in [7, 11) is -3.44. The first kappa shape index (κ1) is 34.1. The minimum Gasteiger partial charge on any atom is -0.395 e. The number of hydrogen-bond donors (Lipinski definition) is 1.